The van der Waals surface area contributed by atoms with Crippen LogP contribution in [0.25, 0.3) is 0 Å². The first kappa shape index (κ1) is 21.3. The van der Waals surface area contributed by atoms with Crippen molar-refractivity contribution in [2.24, 2.45) is 0 Å². The number of aliphatic carboxylic acids is 1. The van der Waals surface area contributed by atoms with Gasteiger partial charge in [0.2, 0.25) is 0 Å². The van der Waals surface area contributed by atoms with Crippen molar-refractivity contribution in [1.82, 2.24) is 0 Å². The molecule has 1 unspecified atom stereocenters. The number of thioether (sulfide) groups is 1. The number of carboxylic acid groups (broad SMARTS) is 1. The molecule has 1 aliphatic rings. The molecule has 1 heterocycles. The number of carboxylic acids is 1. The van der Waals surface area contributed by atoms with Crippen molar-refractivity contribution < 1.29 is 19.4 Å². The first-order valence-electron chi connectivity index (χ1n) is 10.5. The fraction of sp³-hybridized carbons (Fsp3) is 0.269. The van der Waals surface area contributed by atoms with E-state index in [2.05, 4.69) is 66.7 Å². The molecule has 31 heavy (non-hydrogen) atoms. The Kier molecular flexibility index (Phi) is 7.15. The lowest BCUT2D eigenvalue weighted by atomic mass is 9.96. The minimum absolute atomic E-state index is 0.316. The minimum atomic E-state index is -0.990. The molecule has 0 amide bonds. The Morgan fingerprint density at radius 2 is 1.68 bits per heavy atom. The molecule has 1 N–H and O–H groups in total. The number of hydrogen-bond donors (Lipinski definition) is 1. The first-order valence-corrected chi connectivity index (χ1v) is 11.6. The summed E-state index contributed by atoms with van der Waals surface area (Å²) in [5.41, 5.74) is 3.78. The average molecular weight is 435 g/mol. The fourth-order valence-electron chi connectivity index (χ4n) is 3.95. The van der Waals surface area contributed by atoms with E-state index in [4.69, 9.17) is 14.6 Å². The van der Waals surface area contributed by atoms with Gasteiger partial charge in [-0.05, 0) is 35.8 Å². The third-order valence-corrected chi connectivity index (χ3v) is 6.82. The monoisotopic (exact) mass is 434 g/mol. The van der Waals surface area contributed by atoms with E-state index < -0.39 is 5.97 Å². The summed E-state index contributed by atoms with van der Waals surface area (Å²) < 4.78 is 11.3. The van der Waals surface area contributed by atoms with Crippen LogP contribution in [0.3, 0.4) is 0 Å². The quantitative estimate of drug-likeness (QED) is 0.401. The highest BCUT2D eigenvalue weighted by molar-refractivity contribution is 7.99. The van der Waals surface area contributed by atoms with Crippen LogP contribution in [0.5, 0.6) is 11.5 Å². The lowest BCUT2D eigenvalue weighted by molar-refractivity contribution is -0.139. The zero-order valence-electron chi connectivity index (χ0n) is 17.3. The second-order valence-corrected chi connectivity index (χ2v) is 8.79. The molecule has 0 spiro atoms. The Labute approximate surface area is 187 Å². The second kappa shape index (κ2) is 10.4. The summed E-state index contributed by atoms with van der Waals surface area (Å²) >= 11 is 1.98. The van der Waals surface area contributed by atoms with Gasteiger partial charge in [-0.2, -0.15) is 0 Å². The number of hydrogen-bond acceptors (Lipinski definition) is 4. The van der Waals surface area contributed by atoms with Crippen LogP contribution < -0.4 is 9.47 Å². The van der Waals surface area contributed by atoms with Crippen LogP contribution in [-0.4, -0.2) is 30.0 Å². The van der Waals surface area contributed by atoms with Crippen molar-refractivity contribution in [2.75, 3.05) is 19.0 Å². The molecule has 3 aromatic rings. The molecule has 5 heteroatoms. The summed E-state index contributed by atoms with van der Waals surface area (Å²) in [5, 5.41) is 9.18. The number of fused-ring (bicyclic) bond motifs is 1. The van der Waals surface area contributed by atoms with Gasteiger partial charge in [-0.1, -0.05) is 72.8 Å². The maximum atomic E-state index is 10.8. The van der Waals surface area contributed by atoms with Gasteiger partial charge in [-0.3, -0.25) is 0 Å². The third kappa shape index (κ3) is 5.42. The zero-order valence-corrected chi connectivity index (χ0v) is 18.1. The SMILES string of the molecule is O=C(O)COc1cccc2c1OCC2CCCSC(c1ccccc1)c1ccccc1. The number of rotatable bonds is 10. The number of carbonyl (C=O) groups is 1. The highest BCUT2D eigenvalue weighted by Crippen LogP contribution is 2.43. The molecular weight excluding hydrogens is 408 g/mol. The van der Waals surface area contributed by atoms with Crippen molar-refractivity contribution in [2.45, 2.75) is 24.0 Å². The smallest absolute Gasteiger partial charge is 0.341 e. The van der Waals surface area contributed by atoms with Crippen molar-refractivity contribution in [3.63, 3.8) is 0 Å². The van der Waals surface area contributed by atoms with Crippen LogP contribution in [0.1, 0.15) is 40.7 Å². The predicted molar refractivity (Wildman–Crippen MR) is 124 cm³/mol. The van der Waals surface area contributed by atoms with Crippen LogP contribution in [0, 0.1) is 0 Å². The van der Waals surface area contributed by atoms with E-state index in [0.29, 0.717) is 29.3 Å². The molecule has 0 fully saturated rings. The molecule has 3 aromatic carbocycles. The molecule has 0 bridgehead atoms. The van der Waals surface area contributed by atoms with E-state index >= 15 is 0 Å². The van der Waals surface area contributed by atoms with Gasteiger partial charge in [0.15, 0.2) is 18.1 Å². The van der Waals surface area contributed by atoms with Crippen molar-refractivity contribution >= 4 is 17.7 Å². The van der Waals surface area contributed by atoms with Gasteiger partial charge in [-0.15, -0.1) is 11.8 Å². The first-order chi connectivity index (χ1) is 15.2. The summed E-state index contributed by atoms with van der Waals surface area (Å²) in [6, 6.07) is 27.0. The van der Waals surface area contributed by atoms with Crippen LogP contribution >= 0.6 is 11.8 Å². The van der Waals surface area contributed by atoms with E-state index in [1.54, 1.807) is 6.07 Å². The molecule has 160 valence electrons. The van der Waals surface area contributed by atoms with E-state index in [1.807, 2.05) is 17.8 Å². The van der Waals surface area contributed by atoms with E-state index in [9.17, 15) is 4.79 Å². The molecule has 0 saturated heterocycles. The molecule has 4 rings (SSSR count). The van der Waals surface area contributed by atoms with Crippen LogP contribution in [0.2, 0.25) is 0 Å². The van der Waals surface area contributed by atoms with Crippen molar-refractivity contribution in [3.8, 4) is 11.5 Å². The standard InChI is InChI=1S/C26H26O4S/c27-24(28)18-29-23-15-7-14-22-21(17-30-25(22)23)13-8-16-31-26(19-9-3-1-4-10-19)20-11-5-2-6-12-20/h1-7,9-12,14-15,21,26H,8,13,16-18H2,(H,27,28). The van der Waals surface area contributed by atoms with E-state index in [0.717, 1.165) is 24.2 Å². The maximum absolute atomic E-state index is 10.8. The topological polar surface area (TPSA) is 55.8 Å². The summed E-state index contributed by atoms with van der Waals surface area (Å²) in [6.07, 6.45) is 2.10. The van der Waals surface area contributed by atoms with Gasteiger partial charge in [-0.25, -0.2) is 4.79 Å². The molecule has 1 aliphatic heterocycles. The largest absolute Gasteiger partial charge is 0.489 e. The van der Waals surface area contributed by atoms with Crippen molar-refractivity contribution in [3.05, 3.63) is 95.6 Å². The summed E-state index contributed by atoms with van der Waals surface area (Å²) in [5.74, 6) is 1.60. The Morgan fingerprint density at radius 1 is 1.00 bits per heavy atom. The average Bonchev–Trinajstić information content (AvgIpc) is 3.22. The summed E-state index contributed by atoms with van der Waals surface area (Å²) in [6.45, 7) is 0.260. The summed E-state index contributed by atoms with van der Waals surface area (Å²) in [4.78, 5) is 10.8. The van der Waals surface area contributed by atoms with E-state index in [-0.39, 0.29) is 6.61 Å². The number of para-hydroxylation sites is 1. The molecule has 0 saturated carbocycles. The highest BCUT2D eigenvalue weighted by atomic mass is 32.2. The number of benzene rings is 3. The Morgan fingerprint density at radius 3 is 2.32 bits per heavy atom. The van der Waals surface area contributed by atoms with Gasteiger partial charge in [0.05, 0.1) is 11.9 Å². The minimum Gasteiger partial charge on any atom is -0.489 e. The van der Waals surface area contributed by atoms with Crippen molar-refractivity contribution in [1.29, 1.82) is 0 Å². The lowest BCUT2D eigenvalue weighted by Gasteiger charge is -2.18. The highest BCUT2D eigenvalue weighted by Gasteiger charge is 2.27. The number of ether oxygens (including phenoxy) is 2. The van der Waals surface area contributed by atoms with Gasteiger partial charge in [0.25, 0.3) is 0 Å². The lowest BCUT2D eigenvalue weighted by Crippen LogP contribution is -2.09. The second-order valence-electron chi connectivity index (χ2n) is 7.58. The Hall–Kier alpha value is -2.92. The van der Waals surface area contributed by atoms with Crippen LogP contribution in [-0.2, 0) is 4.79 Å². The normalized spacial score (nSPS) is 14.8. The zero-order chi connectivity index (χ0) is 21.5. The van der Waals surface area contributed by atoms with Gasteiger partial charge >= 0.3 is 5.97 Å². The maximum Gasteiger partial charge on any atom is 0.341 e. The Balaban J connectivity index is 1.36. The third-order valence-electron chi connectivity index (χ3n) is 5.42. The van der Waals surface area contributed by atoms with Gasteiger partial charge < -0.3 is 14.6 Å². The molecule has 0 aliphatic carbocycles. The Bertz CT molecular complexity index is 951. The molecule has 0 aromatic heterocycles. The predicted octanol–water partition coefficient (Wildman–Crippen LogP) is 5.93. The fourth-order valence-corrected chi connectivity index (χ4v) is 5.21. The summed E-state index contributed by atoms with van der Waals surface area (Å²) in [7, 11) is 0. The van der Waals surface area contributed by atoms with Crippen LogP contribution in [0.15, 0.2) is 78.9 Å². The molecule has 1 atom stereocenters. The van der Waals surface area contributed by atoms with Crippen LogP contribution in [0.4, 0.5) is 0 Å². The van der Waals surface area contributed by atoms with Gasteiger partial charge in [0.1, 0.15) is 0 Å². The van der Waals surface area contributed by atoms with E-state index in [1.165, 1.54) is 11.1 Å². The molecule has 0 radical (unpaired) electrons. The molecular formula is C26H26O4S. The molecule has 4 nitrogen and oxygen atoms in total. The van der Waals surface area contributed by atoms with Gasteiger partial charge in [0, 0.05) is 11.5 Å².